The Labute approximate surface area is 149 Å². The second kappa shape index (κ2) is 6.38. The number of benzene rings is 1. The van der Waals surface area contributed by atoms with Crippen molar-refractivity contribution in [2.45, 2.75) is 4.90 Å². The third-order valence-electron chi connectivity index (χ3n) is 3.49. The number of amides is 1. The first-order valence-corrected chi connectivity index (χ1v) is 9.02. The van der Waals surface area contributed by atoms with Crippen molar-refractivity contribution in [1.82, 2.24) is 9.71 Å². The Bertz CT molecular complexity index is 1060. The van der Waals surface area contributed by atoms with Gasteiger partial charge >= 0.3 is 5.91 Å². The van der Waals surface area contributed by atoms with Crippen LogP contribution in [-0.2, 0) is 10.0 Å². The summed E-state index contributed by atoms with van der Waals surface area (Å²) in [6.07, 6.45) is 1.35. The molecule has 0 saturated carbocycles. The van der Waals surface area contributed by atoms with Crippen molar-refractivity contribution >= 4 is 44.2 Å². The quantitative estimate of drug-likeness (QED) is 0.700. The molecule has 3 aromatic rings. The second-order valence-corrected chi connectivity index (χ2v) is 7.46. The van der Waals surface area contributed by atoms with Crippen LogP contribution in [0.15, 0.2) is 51.9 Å². The zero-order valence-corrected chi connectivity index (χ0v) is 14.9. The van der Waals surface area contributed by atoms with Gasteiger partial charge in [0.1, 0.15) is 15.6 Å². The molecule has 0 radical (unpaired) electrons. The first-order valence-electron chi connectivity index (χ1n) is 7.16. The van der Waals surface area contributed by atoms with Crippen LogP contribution in [0.5, 0.6) is 0 Å². The molecule has 1 aromatic carbocycles. The fraction of sp³-hybridized carbons (Fsp3) is 0.125. The van der Waals surface area contributed by atoms with Crippen LogP contribution in [-0.4, -0.2) is 33.4 Å². The van der Waals surface area contributed by atoms with Crippen molar-refractivity contribution in [3.05, 3.63) is 53.5 Å². The predicted molar refractivity (Wildman–Crippen MR) is 94.4 cm³/mol. The Balaban J connectivity index is 1.91. The molecule has 25 heavy (non-hydrogen) atoms. The fourth-order valence-electron chi connectivity index (χ4n) is 2.21. The van der Waals surface area contributed by atoms with E-state index in [4.69, 9.17) is 16.0 Å². The van der Waals surface area contributed by atoms with Crippen molar-refractivity contribution in [3.8, 4) is 0 Å². The molecule has 0 fully saturated rings. The summed E-state index contributed by atoms with van der Waals surface area (Å²) in [5.41, 5.74) is 1.37. The lowest BCUT2D eigenvalue weighted by molar-refractivity contribution is 0.0956. The smallest absolute Gasteiger partial charge is 0.300 e. The average molecular weight is 380 g/mol. The van der Waals surface area contributed by atoms with E-state index in [-0.39, 0.29) is 15.8 Å². The normalized spacial score (nSPS) is 11.5. The third-order valence-corrected chi connectivity index (χ3v) is 5.26. The number of hydrogen-bond donors (Lipinski definition) is 1. The maximum atomic E-state index is 12.3. The van der Waals surface area contributed by atoms with Crippen molar-refractivity contribution in [2.75, 3.05) is 19.0 Å². The highest BCUT2D eigenvalue weighted by Gasteiger charge is 2.24. The highest BCUT2D eigenvalue weighted by molar-refractivity contribution is 7.90. The van der Waals surface area contributed by atoms with Gasteiger partial charge in [-0.15, -0.1) is 0 Å². The summed E-state index contributed by atoms with van der Waals surface area (Å²) in [6, 6.07) is 9.56. The van der Waals surface area contributed by atoms with Gasteiger partial charge in [-0.3, -0.25) is 4.79 Å². The van der Waals surface area contributed by atoms with Gasteiger partial charge in [0.25, 0.3) is 10.0 Å². The molecule has 0 saturated heterocycles. The minimum atomic E-state index is -4.16. The van der Waals surface area contributed by atoms with Crippen LogP contribution < -0.4 is 9.62 Å². The van der Waals surface area contributed by atoms with E-state index in [1.54, 1.807) is 12.1 Å². The largest absolute Gasteiger partial charge is 0.451 e. The van der Waals surface area contributed by atoms with Crippen LogP contribution in [0, 0.1) is 0 Å². The summed E-state index contributed by atoms with van der Waals surface area (Å²) in [7, 11) is -0.406. The molecule has 3 rings (SSSR count). The van der Waals surface area contributed by atoms with Crippen LogP contribution in [0.1, 0.15) is 10.6 Å². The van der Waals surface area contributed by atoms with Crippen molar-refractivity contribution in [3.63, 3.8) is 0 Å². The van der Waals surface area contributed by atoms with Crippen LogP contribution in [0.2, 0.25) is 5.15 Å². The average Bonchev–Trinajstić information content (AvgIpc) is 2.97. The molecule has 0 aliphatic carbocycles. The van der Waals surface area contributed by atoms with E-state index >= 15 is 0 Å². The number of hydrogen-bond acceptors (Lipinski definition) is 6. The molecule has 1 N–H and O–H groups in total. The SMILES string of the molecule is CN(C)c1ccc2cc(C(=O)NS(=O)(=O)c3cccnc3Cl)oc2c1. The number of aromatic nitrogens is 1. The Hall–Kier alpha value is -2.58. The number of carbonyl (C=O) groups excluding carboxylic acids is 1. The minimum absolute atomic E-state index is 0.116. The van der Waals surface area contributed by atoms with Crippen LogP contribution in [0.4, 0.5) is 5.69 Å². The molecule has 7 nitrogen and oxygen atoms in total. The van der Waals surface area contributed by atoms with E-state index in [9.17, 15) is 13.2 Å². The summed E-state index contributed by atoms with van der Waals surface area (Å²) >= 11 is 5.78. The summed E-state index contributed by atoms with van der Waals surface area (Å²) < 4.78 is 32.0. The molecular formula is C16H14ClN3O4S. The molecule has 2 heterocycles. The molecular weight excluding hydrogens is 366 g/mol. The van der Waals surface area contributed by atoms with Crippen LogP contribution in [0.3, 0.4) is 0 Å². The van der Waals surface area contributed by atoms with E-state index in [0.717, 1.165) is 5.69 Å². The first-order chi connectivity index (χ1) is 11.8. The second-order valence-electron chi connectivity index (χ2n) is 5.45. The highest BCUT2D eigenvalue weighted by atomic mass is 35.5. The van der Waals surface area contributed by atoms with Crippen LogP contribution in [0.25, 0.3) is 11.0 Å². The molecule has 0 atom stereocenters. The lowest BCUT2D eigenvalue weighted by atomic mass is 10.2. The molecule has 0 aliphatic heterocycles. The van der Waals surface area contributed by atoms with E-state index in [1.807, 2.05) is 29.8 Å². The third kappa shape index (κ3) is 3.45. The number of fused-ring (bicyclic) bond motifs is 1. The highest BCUT2D eigenvalue weighted by Crippen LogP contribution is 2.25. The molecule has 2 aromatic heterocycles. The minimum Gasteiger partial charge on any atom is -0.451 e. The number of anilines is 1. The van der Waals surface area contributed by atoms with Gasteiger partial charge in [-0.25, -0.2) is 18.1 Å². The lowest BCUT2D eigenvalue weighted by Crippen LogP contribution is -2.30. The summed E-state index contributed by atoms with van der Waals surface area (Å²) in [5, 5.41) is 0.468. The van der Waals surface area contributed by atoms with E-state index < -0.39 is 15.9 Å². The van der Waals surface area contributed by atoms with Gasteiger partial charge in [0.15, 0.2) is 5.76 Å². The van der Waals surface area contributed by atoms with Crippen molar-refractivity contribution < 1.29 is 17.6 Å². The maximum Gasteiger partial charge on any atom is 0.300 e. The molecule has 130 valence electrons. The number of nitrogens with one attached hydrogen (secondary N) is 1. The monoisotopic (exact) mass is 379 g/mol. The van der Waals surface area contributed by atoms with Crippen LogP contribution >= 0.6 is 11.6 Å². The number of rotatable bonds is 4. The van der Waals surface area contributed by atoms with Gasteiger partial charge in [-0.05, 0) is 30.3 Å². The molecule has 0 aliphatic rings. The van der Waals surface area contributed by atoms with E-state index in [2.05, 4.69) is 4.98 Å². The standard InChI is InChI=1S/C16H14ClN3O4S/c1-20(2)11-6-5-10-8-13(24-12(10)9-11)16(21)19-25(22,23)14-4-3-7-18-15(14)17/h3-9H,1-2H3,(H,19,21). The maximum absolute atomic E-state index is 12.3. The Kier molecular flexibility index (Phi) is 4.40. The molecule has 1 amide bonds. The van der Waals surface area contributed by atoms with E-state index in [0.29, 0.717) is 11.0 Å². The first kappa shape index (κ1) is 17.2. The lowest BCUT2D eigenvalue weighted by Gasteiger charge is -2.11. The predicted octanol–water partition coefficient (Wildman–Crippen LogP) is 2.67. The van der Waals surface area contributed by atoms with Crippen molar-refractivity contribution in [1.29, 1.82) is 0 Å². The molecule has 0 unspecified atom stereocenters. The van der Waals surface area contributed by atoms with Gasteiger partial charge in [-0.2, -0.15) is 0 Å². The van der Waals surface area contributed by atoms with Gasteiger partial charge in [0, 0.05) is 37.4 Å². The number of halogens is 1. The summed E-state index contributed by atoms with van der Waals surface area (Å²) in [6.45, 7) is 0. The van der Waals surface area contributed by atoms with Gasteiger partial charge in [0.05, 0.1) is 0 Å². The topological polar surface area (TPSA) is 92.5 Å². The molecule has 0 bridgehead atoms. The Morgan fingerprint density at radius 2 is 2.00 bits per heavy atom. The zero-order chi connectivity index (χ0) is 18.2. The number of nitrogens with zero attached hydrogens (tertiary/aromatic N) is 2. The Morgan fingerprint density at radius 3 is 2.68 bits per heavy atom. The number of pyridine rings is 1. The summed E-state index contributed by atoms with van der Waals surface area (Å²) in [4.78, 5) is 17.6. The number of sulfonamides is 1. The van der Waals surface area contributed by atoms with E-state index in [1.165, 1.54) is 24.4 Å². The zero-order valence-electron chi connectivity index (χ0n) is 13.4. The molecule has 0 spiro atoms. The van der Waals surface area contributed by atoms with Gasteiger partial charge in [-0.1, -0.05) is 11.6 Å². The van der Waals surface area contributed by atoms with Crippen molar-refractivity contribution in [2.24, 2.45) is 0 Å². The molecule has 9 heteroatoms. The number of carbonyl (C=O) groups is 1. The van der Waals surface area contributed by atoms with Gasteiger partial charge < -0.3 is 9.32 Å². The summed E-state index contributed by atoms with van der Waals surface area (Å²) in [5.74, 6) is -1.00. The number of furan rings is 1. The Morgan fingerprint density at radius 1 is 1.24 bits per heavy atom. The van der Waals surface area contributed by atoms with Gasteiger partial charge in [0.2, 0.25) is 0 Å². The fourth-order valence-corrected chi connectivity index (χ4v) is 3.62.